The van der Waals surface area contributed by atoms with E-state index in [0.717, 1.165) is 28.0 Å². The van der Waals surface area contributed by atoms with Crippen LogP contribution in [0.4, 0.5) is 5.82 Å². The standard InChI is InChI=1S/C32H23N3O2/c36-29-17-9-7-15-23(29)27-19-25(21-11-3-1-4-12-21)31(33-27)35-32-26(22-13-5-2-6-14-22)20-28(34-32)24-16-8-10-18-30(24)37/h1-20,33,36-37H/b35-32-. The summed E-state index contributed by atoms with van der Waals surface area (Å²) in [5, 5.41) is 21.0. The van der Waals surface area contributed by atoms with Crippen molar-refractivity contribution in [3.8, 4) is 33.9 Å². The third-order valence-electron chi connectivity index (χ3n) is 6.31. The van der Waals surface area contributed by atoms with Crippen LogP contribution in [0, 0.1) is 0 Å². The molecule has 0 saturated heterocycles. The maximum atomic E-state index is 10.5. The second-order valence-electron chi connectivity index (χ2n) is 8.70. The number of phenolic OH excluding ortho intramolecular Hbond substituents is 2. The summed E-state index contributed by atoms with van der Waals surface area (Å²) in [5.41, 5.74) is 6.45. The van der Waals surface area contributed by atoms with Crippen LogP contribution in [-0.4, -0.2) is 26.7 Å². The van der Waals surface area contributed by atoms with Crippen molar-refractivity contribution in [3.05, 3.63) is 132 Å². The predicted octanol–water partition coefficient (Wildman–Crippen LogP) is 7.38. The van der Waals surface area contributed by atoms with Crippen LogP contribution < -0.4 is 0 Å². The lowest BCUT2D eigenvalue weighted by Crippen LogP contribution is -1.96. The first kappa shape index (κ1) is 22.3. The van der Waals surface area contributed by atoms with Crippen LogP contribution in [0.15, 0.2) is 131 Å². The second kappa shape index (κ2) is 9.47. The average Bonchev–Trinajstić information content (AvgIpc) is 3.55. The SMILES string of the molecule is Oc1ccccc1C1=N/C(=N\c2[nH]c(-c3ccccc3O)cc2-c2ccccc2)C(c2ccccc2)=C1. The Kier molecular flexibility index (Phi) is 5.71. The summed E-state index contributed by atoms with van der Waals surface area (Å²) in [5.74, 6) is 1.52. The number of phenols is 2. The van der Waals surface area contributed by atoms with E-state index in [0.29, 0.717) is 28.5 Å². The number of aromatic hydroxyl groups is 2. The molecule has 1 aliphatic heterocycles. The Hall–Kier alpha value is -5.16. The Bertz CT molecular complexity index is 1680. The molecule has 37 heavy (non-hydrogen) atoms. The molecule has 0 bridgehead atoms. The molecule has 0 unspecified atom stereocenters. The number of nitrogens with zero attached hydrogens (tertiary/aromatic N) is 2. The van der Waals surface area contributed by atoms with Crippen molar-refractivity contribution in [2.24, 2.45) is 9.98 Å². The van der Waals surface area contributed by atoms with Gasteiger partial charge in [0, 0.05) is 22.3 Å². The minimum Gasteiger partial charge on any atom is -0.507 e. The topological polar surface area (TPSA) is 81.0 Å². The summed E-state index contributed by atoms with van der Waals surface area (Å²) in [6.07, 6.45) is 1.96. The molecule has 0 fully saturated rings. The first-order chi connectivity index (χ1) is 18.2. The van der Waals surface area contributed by atoms with E-state index in [-0.39, 0.29) is 11.5 Å². The Morgan fingerprint density at radius 1 is 0.595 bits per heavy atom. The molecule has 0 radical (unpaired) electrons. The van der Waals surface area contributed by atoms with E-state index in [1.807, 2.05) is 97.1 Å². The molecule has 4 aromatic carbocycles. The fraction of sp³-hybridized carbons (Fsp3) is 0. The van der Waals surface area contributed by atoms with Crippen molar-refractivity contribution in [1.82, 2.24) is 4.98 Å². The minimum absolute atomic E-state index is 0.165. The summed E-state index contributed by atoms with van der Waals surface area (Å²) >= 11 is 0. The third kappa shape index (κ3) is 4.34. The highest BCUT2D eigenvalue weighted by Crippen LogP contribution is 2.39. The predicted molar refractivity (Wildman–Crippen MR) is 149 cm³/mol. The molecular weight excluding hydrogens is 458 g/mol. The number of hydrogen-bond donors (Lipinski definition) is 3. The molecular formula is C32H23N3O2. The molecule has 5 aromatic rings. The Morgan fingerprint density at radius 2 is 1.16 bits per heavy atom. The van der Waals surface area contributed by atoms with Gasteiger partial charge >= 0.3 is 0 Å². The number of amidine groups is 1. The molecule has 5 heteroatoms. The molecule has 3 N–H and O–H groups in total. The van der Waals surface area contributed by atoms with Crippen molar-refractivity contribution in [2.45, 2.75) is 0 Å². The fourth-order valence-electron chi connectivity index (χ4n) is 4.47. The lowest BCUT2D eigenvalue weighted by molar-refractivity contribution is 0.474. The number of hydrogen-bond acceptors (Lipinski definition) is 3. The van der Waals surface area contributed by atoms with Crippen molar-refractivity contribution < 1.29 is 10.2 Å². The van der Waals surface area contributed by atoms with Gasteiger partial charge in [0.05, 0.1) is 11.4 Å². The van der Waals surface area contributed by atoms with E-state index in [1.54, 1.807) is 24.3 Å². The number of allylic oxidation sites excluding steroid dienone is 1. The maximum absolute atomic E-state index is 10.5. The highest BCUT2D eigenvalue weighted by molar-refractivity contribution is 6.38. The minimum atomic E-state index is 0.165. The van der Waals surface area contributed by atoms with Crippen molar-refractivity contribution >= 4 is 22.9 Å². The number of benzene rings is 4. The quantitative estimate of drug-likeness (QED) is 0.245. The monoisotopic (exact) mass is 481 g/mol. The summed E-state index contributed by atoms with van der Waals surface area (Å²) in [4.78, 5) is 13.3. The number of aromatic amines is 1. The van der Waals surface area contributed by atoms with Crippen LogP contribution >= 0.6 is 0 Å². The molecule has 0 aliphatic carbocycles. The zero-order valence-electron chi connectivity index (χ0n) is 19.8. The van der Waals surface area contributed by atoms with Gasteiger partial charge in [0.15, 0.2) is 5.84 Å². The van der Waals surface area contributed by atoms with E-state index in [4.69, 9.17) is 9.98 Å². The summed E-state index contributed by atoms with van der Waals surface area (Å²) in [6.45, 7) is 0. The number of H-pyrrole nitrogens is 1. The van der Waals surface area contributed by atoms with Crippen molar-refractivity contribution in [2.75, 3.05) is 0 Å². The largest absolute Gasteiger partial charge is 0.507 e. The second-order valence-corrected chi connectivity index (χ2v) is 8.70. The smallest absolute Gasteiger partial charge is 0.162 e. The summed E-state index contributed by atoms with van der Waals surface area (Å²) in [6, 6.07) is 36.3. The molecule has 0 saturated carbocycles. The van der Waals surface area contributed by atoms with Gasteiger partial charge in [-0.1, -0.05) is 84.9 Å². The van der Waals surface area contributed by atoms with Gasteiger partial charge in [0.2, 0.25) is 0 Å². The molecule has 0 atom stereocenters. The van der Waals surface area contributed by atoms with Gasteiger partial charge in [-0.3, -0.25) is 0 Å². The Morgan fingerprint density at radius 3 is 1.81 bits per heavy atom. The Balaban J connectivity index is 1.54. The fourth-order valence-corrected chi connectivity index (χ4v) is 4.47. The summed E-state index contributed by atoms with van der Waals surface area (Å²) < 4.78 is 0. The van der Waals surface area contributed by atoms with Gasteiger partial charge in [-0.05, 0) is 47.5 Å². The van der Waals surface area contributed by atoms with Gasteiger partial charge in [-0.25, -0.2) is 9.98 Å². The molecule has 5 nitrogen and oxygen atoms in total. The molecule has 0 amide bonds. The Labute approximate surface area is 214 Å². The zero-order valence-corrected chi connectivity index (χ0v) is 19.8. The lowest BCUT2D eigenvalue weighted by atomic mass is 10.0. The number of aliphatic imine (C=N–C) groups is 2. The van der Waals surface area contributed by atoms with Crippen LogP contribution in [0.3, 0.4) is 0 Å². The molecule has 178 valence electrons. The number of rotatable bonds is 5. The highest BCUT2D eigenvalue weighted by Gasteiger charge is 2.22. The van der Waals surface area contributed by atoms with Crippen molar-refractivity contribution in [1.29, 1.82) is 0 Å². The van der Waals surface area contributed by atoms with Crippen LogP contribution in [-0.2, 0) is 0 Å². The van der Waals surface area contributed by atoms with E-state index in [2.05, 4.69) is 4.98 Å². The van der Waals surface area contributed by atoms with Crippen LogP contribution in [0.25, 0.3) is 28.0 Å². The van der Waals surface area contributed by atoms with E-state index < -0.39 is 0 Å². The number of para-hydroxylation sites is 2. The van der Waals surface area contributed by atoms with Crippen LogP contribution in [0.2, 0.25) is 0 Å². The lowest BCUT2D eigenvalue weighted by Gasteiger charge is -2.05. The molecule has 2 heterocycles. The molecule has 1 aliphatic rings. The average molecular weight is 482 g/mol. The van der Waals surface area contributed by atoms with Gasteiger partial charge in [-0.15, -0.1) is 0 Å². The first-order valence-electron chi connectivity index (χ1n) is 12.0. The van der Waals surface area contributed by atoms with Gasteiger partial charge in [0.25, 0.3) is 0 Å². The molecule has 0 spiro atoms. The van der Waals surface area contributed by atoms with E-state index in [9.17, 15) is 10.2 Å². The first-order valence-corrected chi connectivity index (χ1v) is 12.0. The summed E-state index contributed by atoms with van der Waals surface area (Å²) in [7, 11) is 0. The molecule has 6 rings (SSSR count). The van der Waals surface area contributed by atoms with E-state index in [1.165, 1.54) is 0 Å². The third-order valence-corrected chi connectivity index (χ3v) is 6.31. The highest BCUT2D eigenvalue weighted by atomic mass is 16.3. The number of nitrogens with one attached hydrogen (secondary N) is 1. The van der Waals surface area contributed by atoms with Gasteiger partial charge in [0.1, 0.15) is 17.3 Å². The van der Waals surface area contributed by atoms with Crippen LogP contribution in [0.5, 0.6) is 11.5 Å². The van der Waals surface area contributed by atoms with Crippen LogP contribution in [0.1, 0.15) is 11.1 Å². The van der Waals surface area contributed by atoms with E-state index >= 15 is 0 Å². The van der Waals surface area contributed by atoms with Gasteiger partial charge < -0.3 is 15.2 Å². The molecule has 1 aromatic heterocycles. The zero-order chi connectivity index (χ0) is 25.2. The normalized spacial score (nSPS) is 14.0. The number of aromatic nitrogens is 1. The van der Waals surface area contributed by atoms with Gasteiger partial charge in [-0.2, -0.15) is 0 Å². The maximum Gasteiger partial charge on any atom is 0.162 e. The van der Waals surface area contributed by atoms with Crippen molar-refractivity contribution in [3.63, 3.8) is 0 Å².